The Hall–Kier alpha value is -0.850. The second-order valence-corrected chi connectivity index (χ2v) is 3.87. The van der Waals surface area contributed by atoms with Crippen LogP contribution in [0.1, 0.15) is 37.7 Å². The monoisotopic (exact) mass is 161 g/mol. The molecule has 1 atom stereocenters. The highest BCUT2D eigenvalue weighted by Crippen LogP contribution is 2.38. The smallest absolute Gasteiger partial charge is 0.0302 e. The largest absolute Gasteiger partial charge is 0.264 e. The first-order valence-corrected chi connectivity index (χ1v) is 4.76. The van der Waals surface area contributed by atoms with Crippen LogP contribution >= 0.6 is 0 Å². The van der Waals surface area contributed by atoms with E-state index in [4.69, 9.17) is 0 Å². The third-order valence-corrected chi connectivity index (χ3v) is 2.64. The van der Waals surface area contributed by atoms with Crippen LogP contribution in [-0.2, 0) is 0 Å². The van der Waals surface area contributed by atoms with E-state index in [1.165, 1.54) is 24.8 Å². The van der Waals surface area contributed by atoms with Gasteiger partial charge in [-0.05, 0) is 29.9 Å². The van der Waals surface area contributed by atoms with Gasteiger partial charge >= 0.3 is 0 Å². The number of hydrogen-bond donors (Lipinski definition) is 0. The van der Waals surface area contributed by atoms with Gasteiger partial charge in [0.2, 0.25) is 0 Å². The van der Waals surface area contributed by atoms with Gasteiger partial charge in [0.15, 0.2) is 0 Å². The van der Waals surface area contributed by atoms with Gasteiger partial charge in [-0.25, -0.2) is 0 Å². The van der Waals surface area contributed by atoms with Gasteiger partial charge in [0.05, 0.1) is 0 Å². The fourth-order valence-corrected chi connectivity index (χ4v) is 1.66. The van der Waals surface area contributed by atoms with E-state index in [1.807, 2.05) is 18.5 Å². The topological polar surface area (TPSA) is 12.9 Å². The average molecular weight is 161 g/mol. The molecule has 0 N–H and O–H groups in total. The molecule has 0 amide bonds. The van der Waals surface area contributed by atoms with Crippen molar-refractivity contribution in [3.8, 4) is 0 Å². The first kappa shape index (κ1) is 7.78. The maximum absolute atomic E-state index is 4.13. The van der Waals surface area contributed by atoms with Crippen LogP contribution in [0.4, 0.5) is 0 Å². The summed E-state index contributed by atoms with van der Waals surface area (Å²) in [4.78, 5) is 4.13. The fourth-order valence-electron chi connectivity index (χ4n) is 1.66. The molecule has 1 aromatic heterocycles. The van der Waals surface area contributed by atoms with E-state index in [1.54, 1.807) is 0 Å². The summed E-state index contributed by atoms with van der Waals surface area (Å²) in [6, 6.07) is 4.21. The quantitative estimate of drug-likeness (QED) is 0.664. The predicted octanol–water partition coefficient (Wildman–Crippen LogP) is 2.99. The van der Waals surface area contributed by atoms with E-state index in [-0.39, 0.29) is 0 Å². The summed E-state index contributed by atoms with van der Waals surface area (Å²) in [5.74, 6) is 1.71. The molecular formula is C11H15N. The minimum Gasteiger partial charge on any atom is -0.264 e. The number of rotatable bonds is 3. The molecule has 0 spiro atoms. The molecule has 0 aromatic carbocycles. The zero-order chi connectivity index (χ0) is 8.39. The molecule has 1 nitrogen and oxygen atoms in total. The molecule has 1 aliphatic carbocycles. The highest BCUT2D eigenvalue weighted by Gasteiger charge is 2.23. The van der Waals surface area contributed by atoms with E-state index in [9.17, 15) is 0 Å². The molecular weight excluding hydrogens is 146 g/mol. The number of hydrogen-bond acceptors (Lipinski definition) is 1. The van der Waals surface area contributed by atoms with Gasteiger partial charge in [-0.3, -0.25) is 4.98 Å². The summed E-state index contributed by atoms with van der Waals surface area (Å²) >= 11 is 0. The molecule has 0 saturated heterocycles. The first-order chi connectivity index (χ1) is 5.86. The third kappa shape index (κ3) is 1.84. The molecule has 1 unspecified atom stereocenters. The summed E-state index contributed by atoms with van der Waals surface area (Å²) < 4.78 is 0. The van der Waals surface area contributed by atoms with Crippen molar-refractivity contribution in [1.29, 1.82) is 0 Å². The predicted molar refractivity (Wildman–Crippen MR) is 50.0 cm³/mol. The number of aromatic nitrogens is 1. The van der Waals surface area contributed by atoms with Gasteiger partial charge in [-0.15, -0.1) is 0 Å². The Morgan fingerprint density at radius 2 is 2.42 bits per heavy atom. The standard InChI is InChI=1S/C11H15N/c1-9(7-10-4-5-10)11-3-2-6-12-8-11/h2-3,6,8-10H,4-5,7H2,1H3. The maximum atomic E-state index is 4.13. The van der Waals surface area contributed by atoms with Crippen LogP contribution in [0.3, 0.4) is 0 Å². The molecule has 0 aliphatic heterocycles. The van der Waals surface area contributed by atoms with Crippen molar-refractivity contribution in [2.45, 2.75) is 32.1 Å². The molecule has 0 bridgehead atoms. The van der Waals surface area contributed by atoms with Crippen molar-refractivity contribution in [3.63, 3.8) is 0 Å². The summed E-state index contributed by atoms with van der Waals surface area (Å²) in [7, 11) is 0. The Balaban J connectivity index is 1.98. The second kappa shape index (κ2) is 3.26. The van der Waals surface area contributed by atoms with E-state index in [0.29, 0.717) is 5.92 Å². The van der Waals surface area contributed by atoms with Crippen molar-refractivity contribution in [1.82, 2.24) is 4.98 Å². The Morgan fingerprint density at radius 3 is 3.00 bits per heavy atom. The summed E-state index contributed by atoms with van der Waals surface area (Å²) in [6.45, 7) is 2.30. The molecule has 1 saturated carbocycles. The van der Waals surface area contributed by atoms with Gasteiger partial charge in [0, 0.05) is 12.4 Å². The molecule has 64 valence electrons. The summed E-state index contributed by atoms with van der Waals surface area (Å²) in [6.07, 6.45) is 8.08. The van der Waals surface area contributed by atoms with Crippen LogP contribution in [-0.4, -0.2) is 4.98 Å². The Morgan fingerprint density at radius 1 is 1.58 bits per heavy atom. The van der Waals surface area contributed by atoms with Gasteiger partial charge in [-0.1, -0.05) is 25.8 Å². The molecule has 1 heteroatoms. The van der Waals surface area contributed by atoms with Crippen molar-refractivity contribution < 1.29 is 0 Å². The van der Waals surface area contributed by atoms with Crippen LogP contribution < -0.4 is 0 Å². The Labute approximate surface area is 73.8 Å². The summed E-state index contributed by atoms with van der Waals surface area (Å²) in [5.41, 5.74) is 1.39. The zero-order valence-electron chi connectivity index (χ0n) is 7.53. The molecule has 1 fully saturated rings. The molecule has 0 radical (unpaired) electrons. The first-order valence-electron chi connectivity index (χ1n) is 4.76. The van der Waals surface area contributed by atoms with Crippen LogP contribution in [0.2, 0.25) is 0 Å². The molecule has 1 aliphatic rings. The highest BCUT2D eigenvalue weighted by atomic mass is 14.6. The van der Waals surface area contributed by atoms with E-state index >= 15 is 0 Å². The normalized spacial score (nSPS) is 19.1. The zero-order valence-corrected chi connectivity index (χ0v) is 7.53. The third-order valence-electron chi connectivity index (χ3n) is 2.64. The van der Waals surface area contributed by atoms with Crippen LogP contribution in [0, 0.1) is 5.92 Å². The van der Waals surface area contributed by atoms with E-state index in [2.05, 4.69) is 18.0 Å². The number of pyridine rings is 1. The lowest BCUT2D eigenvalue weighted by Gasteiger charge is -2.09. The number of nitrogens with zero attached hydrogens (tertiary/aromatic N) is 1. The lowest BCUT2D eigenvalue weighted by atomic mass is 9.97. The maximum Gasteiger partial charge on any atom is 0.0302 e. The van der Waals surface area contributed by atoms with Crippen molar-refractivity contribution in [3.05, 3.63) is 30.1 Å². The lowest BCUT2D eigenvalue weighted by Crippen LogP contribution is -1.94. The van der Waals surface area contributed by atoms with Gasteiger partial charge in [0.1, 0.15) is 0 Å². The van der Waals surface area contributed by atoms with Crippen LogP contribution in [0.25, 0.3) is 0 Å². The minimum absolute atomic E-state index is 0.700. The molecule has 2 rings (SSSR count). The average Bonchev–Trinajstić information content (AvgIpc) is 2.90. The van der Waals surface area contributed by atoms with Gasteiger partial charge in [0.25, 0.3) is 0 Å². The second-order valence-electron chi connectivity index (χ2n) is 3.87. The van der Waals surface area contributed by atoms with Crippen LogP contribution in [0.5, 0.6) is 0 Å². The molecule has 12 heavy (non-hydrogen) atoms. The Bertz CT molecular complexity index is 238. The summed E-state index contributed by atoms with van der Waals surface area (Å²) in [5, 5.41) is 0. The van der Waals surface area contributed by atoms with Gasteiger partial charge < -0.3 is 0 Å². The molecule has 1 aromatic rings. The minimum atomic E-state index is 0.700. The van der Waals surface area contributed by atoms with Crippen molar-refractivity contribution in [2.24, 2.45) is 5.92 Å². The van der Waals surface area contributed by atoms with Crippen LogP contribution in [0.15, 0.2) is 24.5 Å². The lowest BCUT2D eigenvalue weighted by molar-refractivity contribution is 0.617. The SMILES string of the molecule is CC(CC1CC1)c1cccnc1. The van der Waals surface area contributed by atoms with Crippen molar-refractivity contribution in [2.75, 3.05) is 0 Å². The Kier molecular flexibility index (Phi) is 2.11. The fraction of sp³-hybridized carbons (Fsp3) is 0.545. The molecule has 1 heterocycles. The van der Waals surface area contributed by atoms with E-state index in [0.717, 1.165) is 5.92 Å². The highest BCUT2D eigenvalue weighted by molar-refractivity contribution is 5.13. The van der Waals surface area contributed by atoms with Crippen molar-refractivity contribution >= 4 is 0 Å². The van der Waals surface area contributed by atoms with E-state index < -0.39 is 0 Å². The van der Waals surface area contributed by atoms with Gasteiger partial charge in [-0.2, -0.15) is 0 Å².